The maximum atomic E-state index is 12.4. The van der Waals surface area contributed by atoms with Gasteiger partial charge in [0.25, 0.3) is 5.91 Å². The molecule has 0 heterocycles. The fourth-order valence-electron chi connectivity index (χ4n) is 2.52. The minimum Gasteiger partial charge on any atom is -0.493 e. The molecule has 0 aliphatic rings. The van der Waals surface area contributed by atoms with Gasteiger partial charge >= 0.3 is 11.9 Å². The maximum absolute atomic E-state index is 12.4. The summed E-state index contributed by atoms with van der Waals surface area (Å²) in [6, 6.07) is 10.7. The minimum absolute atomic E-state index is 0.0301. The van der Waals surface area contributed by atoms with Crippen molar-refractivity contribution >= 4 is 29.4 Å². The molecular weight excluding hydrogens is 386 g/mol. The predicted molar refractivity (Wildman–Crippen MR) is 103 cm³/mol. The fraction of sp³-hybridized carbons (Fsp3) is 0.250. The zero-order chi connectivity index (χ0) is 20.7. The Morgan fingerprint density at radius 2 is 1.75 bits per heavy atom. The van der Waals surface area contributed by atoms with Crippen molar-refractivity contribution < 1.29 is 28.6 Å². The molecule has 1 atom stereocenters. The van der Waals surface area contributed by atoms with E-state index in [2.05, 4.69) is 5.32 Å². The van der Waals surface area contributed by atoms with Gasteiger partial charge in [0.15, 0.2) is 11.5 Å². The number of ether oxygens (including phenoxy) is 3. The van der Waals surface area contributed by atoms with Crippen LogP contribution in [0.1, 0.15) is 22.8 Å². The number of hydrogen-bond acceptors (Lipinski definition) is 6. The van der Waals surface area contributed by atoms with Crippen LogP contribution in [0.15, 0.2) is 42.5 Å². The van der Waals surface area contributed by atoms with Crippen LogP contribution in [-0.4, -0.2) is 38.1 Å². The molecule has 0 saturated carbocycles. The summed E-state index contributed by atoms with van der Waals surface area (Å²) >= 11 is 6.36. The number of esters is 2. The first-order valence-corrected chi connectivity index (χ1v) is 8.72. The van der Waals surface area contributed by atoms with Crippen LogP contribution in [0.25, 0.3) is 0 Å². The van der Waals surface area contributed by atoms with Gasteiger partial charge in [0.1, 0.15) is 6.04 Å². The van der Waals surface area contributed by atoms with Crippen molar-refractivity contribution in [1.29, 1.82) is 0 Å². The lowest BCUT2D eigenvalue weighted by atomic mass is 10.0. The molecule has 8 heteroatoms. The number of rotatable bonds is 7. The summed E-state index contributed by atoms with van der Waals surface area (Å²) in [4.78, 5) is 36.0. The molecular formula is C20H20ClNO6. The van der Waals surface area contributed by atoms with Gasteiger partial charge in [-0.05, 0) is 23.8 Å². The lowest BCUT2D eigenvalue weighted by Gasteiger charge is -2.19. The smallest absolute Gasteiger partial charge is 0.328 e. The van der Waals surface area contributed by atoms with Crippen LogP contribution in [0.3, 0.4) is 0 Å². The first kappa shape index (κ1) is 21.2. The minimum atomic E-state index is -0.992. The predicted octanol–water partition coefficient (Wildman–Crippen LogP) is 2.79. The Balaban J connectivity index is 2.30. The van der Waals surface area contributed by atoms with E-state index >= 15 is 0 Å². The molecule has 0 aliphatic heterocycles. The van der Waals surface area contributed by atoms with Gasteiger partial charge in [-0.3, -0.25) is 9.59 Å². The molecule has 7 nitrogen and oxygen atoms in total. The van der Waals surface area contributed by atoms with E-state index in [1.807, 2.05) is 0 Å². The Labute approximate surface area is 167 Å². The monoisotopic (exact) mass is 405 g/mol. The van der Waals surface area contributed by atoms with E-state index in [0.29, 0.717) is 11.1 Å². The summed E-state index contributed by atoms with van der Waals surface area (Å²) in [6.45, 7) is 1.24. The quantitative estimate of drug-likeness (QED) is 0.562. The third-order valence-corrected chi connectivity index (χ3v) is 4.27. The van der Waals surface area contributed by atoms with Crippen molar-refractivity contribution in [3.8, 4) is 11.5 Å². The highest BCUT2D eigenvalue weighted by Gasteiger charge is 2.25. The fourth-order valence-corrected chi connectivity index (χ4v) is 2.79. The highest BCUT2D eigenvalue weighted by molar-refractivity contribution is 6.33. The molecule has 0 bridgehead atoms. The van der Waals surface area contributed by atoms with Gasteiger partial charge in [-0.2, -0.15) is 0 Å². The van der Waals surface area contributed by atoms with Crippen LogP contribution in [0.2, 0.25) is 5.02 Å². The summed E-state index contributed by atoms with van der Waals surface area (Å²) < 4.78 is 15.1. The third kappa shape index (κ3) is 5.23. The lowest BCUT2D eigenvalue weighted by molar-refractivity contribution is -0.142. The van der Waals surface area contributed by atoms with Gasteiger partial charge in [0.05, 0.1) is 19.2 Å². The van der Waals surface area contributed by atoms with Gasteiger partial charge in [-0.25, -0.2) is 4.79 Å². The Kier molecular flexibility index (Phi) is 7.40. The Bertz CT molecular complexity index is 868. The summed E-state index contributed by atoms with van der Waals surface area (Å²) in [5, 5.41) is 2.75. The summed E-state index contributed by atoms with van der Waals surface area (Å²) in [6.07, 6.45) is 0.0301. The van der Waals surface area contributed by atoms with Crippen LogP contribution in [0.5, 0.6) is 11.5 Å². The van der Waals surface area contributed by atoms with Crippen molar-refractivity contribution in [2.24, 2.45) is 0 Å². The third-order valence-electron chi connectivity index (χ3n) is 3.86. The molecule has 2 aromatic carbocycles. The first-order chi connectivity index (χ1) is 13.4. The normalized spacial score (nSPS) is 11.3. The summed E-state index contributed by atoms with van der Waals surface area (Å²) in [5.74, 6) is -1.32. The number of carbonyl (C=O) groups excluding carboxylic acids is 3. The van der Waals surface area contributed by atoms with Crippen molar-refractivity contribution in [3.63, 3.8) is 0 Å². The molecule has 0 saturated heterocycles. The molecule has 2 rings (SSSR count). The zero-order valence-electron chi connectivity index (χ0n) is 15.7. The zero-order valence-corrected chi connectivity index (χ0v) is 16.4. The van der Waals surface area contributed by atoms with Crippen molar-refractivity contribution in [3.05, 3.63) is 58.6 Å². The number of halogens is 1. The average molecular weight is 406 g/mol. The van der Waals surface area contributed by atoms with Crippen molar-refractivity contribution in [1.82, 2.24) is 5.32 Å². The lowest BCUT2D eigenvalue weighted by Crippen LogP contribution is -2.43. The standard InChI is InChI=1S/C20H20ClNO6/c1-12(23)28-18-16(26-2)10-9-14(17(18)21)11-15(20(25)27-3)22-19(24)13-7-5-4-6-8-13/h4-10,15H,11H2,1-3H3,(H,22,24)/t15-/m1/s1. The number of benzene rings is 2. The van der Waals surface area contributed by atoms with E-state index in [-0.39, 0.29) is 22.9 Å². The Hall–Kier alpha value is -3.06. The molecule has 28 heavy (non-hydrogen) atoms. The highest BCUT2D eigenvalue weighted by Crippen LogP contribution is 2.38. The molecule has 0 aromatic heterocycles. The number of hydrogen-bond donors (Lipinski definition) is 1. The number of carbonyl (C=O) groups is 3. The van der Waals surface area contributed by atoms with E-state index in [0.717, 1.165) is 0 Å². The largest absolute Gasteiger partial charge is 0.493 e. The van der Waals surface area contributed by atoms with Gasteiger partial charge in [0, 0.05) is 18.9 Å². The van der Waals surface area contributed by atoms with Crippen molar-refractivity contribution in [2.45, 2.75) is 19.4 Å². The van der Waals surface area contributed by atoms with Crippen LogP contribution in [0, 0.1) is 0 Å². The molecule has 0 radical (unpaired) electrons. The van der Waals surface area contributed by atoms with Crippen LogP contribution in [-0.2, 0) is 20.7 Å². The van der Waals surface area contributed by atoms with Gasteiger partial charge in [0.2, 0.25) is 0 Å². The van der Waals surface area contributed by atoms with E-state index in [9.17, 15) is 14.4 Å². The molecule has 0 aliphatic carbocycles. The maximum Gasteiger partial charge on any atom is 0.328 e. The second-order valence-corrected chi connectivity index (χ2v) is 6.16. The first-order valence-electron chi connectivity index (χ1n) is 8.34. The number of nitrogens with one attached hydrogen (secondary N) is 1. The average Bonchev–Trinajstić information content (AvgIpc) is 2.70. The molecule has 0 fully saturated rings. The molecule has 148 valence electrons. The van der Waals surface area contributed by atoms with Gasteiger partial charge < -0.3 is 19.5 Å². The number of amides is 1. The topological polar surface area (TPSA) is 90.9 Å². The van der Waals surface area contributed by atoms with E-state index in [1.54, 1.807) is 42.5 Å². The van der Waals surface area contributed by atoms with Gasteiger partial charge in [-0.15, -0.1) is 0 Å². The number of methoxy groups -OCH3 is 2. The highest BCUT2D eigenvalue weighted by atomic mass is 35.5. The summed E-state index contributed by atoms with van der Waals surface area (Å²) in [5.41, 5.74) is 0.875. The molecule has 2 aromatic rings. The Morgan fingerprint density at radius 3 is 2.32 bits per heavy atom. The van der Waals surface area contributed by atoms with E-state index in [1.165, 1.54) is 21.1 Å². The second kappa shape index (κ2) is 9.75. The SMILES string of the molecule is COC(=O)[C@@H](Cc1ccc(OC)c(OC(C)=O)c1Cl)NC(=O)c1ccccc1. The molecule has 1 amide bonds. The van der Waals surface area contributed by atoms with Gasteiger partial charge in [-0.1, -0.05) is 35.9 Å². The second-order valence-electron chi connectivity index (χ2n) is 5.78. The molecule has 1 N–H and O–H groups in total. The van der Waals surface area contributed by atoms with Crippen molar-refractivity contribution in [2.75, 3.05) is 14.2 Å². The summed E-state index contributed by atoms with van der Waals surface area (Å²) in [7, 11) is 2.64. The van der Waals surface area contributed by atoms with Crippen LogP contribution >= 0.6 is 11.6 Å². The Morgan fingerprint density at radius 1 is 1.07 bits per heavy atom. The van der Waals surface area contributed by atoms with E-state index in [4.69, 9.17) is 25.8 Å². The van der Waals surface area contributed by atoms with Crippen LogP contribution < -0.4 is 14.8 Å². The van der Waals surface area contributed by atoms with Crippen LogP contribution in [0.4, 0.5) is 0 Å². The molecule has 0 unspecified atom stereocenters. The van der Waals surface area contributed by atoms with E-state index < -0.39 is 23.9 Å². The molecule has 0 spiro atoms.